The molecule has 3 rings (SSSR count). The van der Waals surface area contributed by atoms with Crippen LogP contribution in [0.2, 0.25) is 5.02 Å². The molecule has 0 radical (unpaired) electrons. The SMILES string of the molecule is CC1(C)[C@@]2(C(=O)Nc3ccc(Cl)cc3)CC[C@@]1(C)C(=O)C2. The summed E-state index contributed by atoms with van der Waals surface area (Å²) in [6.07, 6.45) is 1.93. The molecule has 3 nitrogen and oxygen atoms in total. The lowest BCUT2D eigenvalue weighted by Crippen LogP contribution is -2.43. The quantitative estimate of drug-likeness (QED) is 0.895. The summed E-state index contributed by atoms with van der Waals surface area (Å²) in [6.45, 7) is 6.14. The van der Waals surface area contributed by atoms with Crippen LogP contribution in [0.15, 0.2) is 24.3 Å². The van der Waals surface area contributed by atoms with Crippen molar-refractivity contribution in [1.29, 1.82) is 0 Å². The number of carbonyl (C=O) groups is 2. The van der Waals surface area contributed by atoms with Crippen LogP contribution >= 0.6 is 11.6 Å². The summed E-state index contributed by atoms with van der Waals surface area (Å²) in [4.78, 5) is 25.3. The summed E-state index contributed by atoms with van der Waals surface area (Å²) in [7, 11) is 0. The lowest BCUT2D eigenvalue weighted by Gasteiger charge is -2.38. The van der Waals surface area contributed by atoms with Gasteiger partial charge in [-0.25, -0.2) is 0 Å². The molecule has 2 atom stereocenters. The summed E-state index contributed by atoms with van der Waals surface area (Å²) in [5.74, 6) is 0.189. The second kappa shape index (κ2) is 4.33. The Morgan fingerprint density at radius 1 is 1.14 bits per heavy atom. The molecular formula is C17H20ClNO2. The number of anilines is 1. The molecule has 2 saturated carbocycles. The van der Waals surface area contributed by atoms with Crippen molar-refractivity contribution in [3.63, 3.8) is 0 Å². The molecule has 2 fully saturated rings. The fourth-order valence-electron chi connectivity index (χ4n) is 4.14. The number of benzene rings is 1. The monoisotopic (exact) mass is 305 g/mol. The standard InChI is InChI=1S/C17H20ClNO2/c1-15(2)16(3)8-9-17(15,10-13(16)20)14(21)19-12-6-4-11(18)5-7-12/h4-7H,8-10H2,1-3H3,(H,19,21)/t16-,17-/m0/s1. The highest BCUT2D eigenvalue weighted by Crippen LogP contribution is 2.70. The first-order valence-electron chi connectivity index (χ1n) is 7.33. The van der Waals surface area contributed by atoms with Crippen LogP contribution in [0.5, 0.6) is 0 Å². The summed E-state index contributed by atoms with van der Waals surface area (Å²) in [6, 6.07) is 7.07. The number of fused-ring (bicyclic) bond motifs is 2. The zero-order chi connectivity index (χ0) is 15.5. The zero-order valence-corrected chi connectivity index (χ0v) is 13.4. The van der Waals surface area contributed by atoms with Gasteiger partial charge < -0.3 is 5.32 Å². The highest BCUT2D eigenvalue weighted by Gasteiger charge is 2.72. The first kappa shape index (κ1) is 14.6. The second-order valence-electron chi connectivity index (χ2n) is 7.10. The van der Waals surface area contributed by atoms with Gasteiger partial charge in [0.15, 0.2) is 0 Å². The van der Waals surface area contributed by atoms with Crippen LogP contribution in [0.1, 0.15) is 40.0 Å². The van der Waals surface area contributed by atoms with Crippen molar-refractivity contribution in [2.45, 2.75) is 40.0 Å². The predicted octanol–water partition coefficient (Wildman–Crippen LogP) is 4.06. The molecule has 2 aliphatic rings. The molecule has 1 aromatic carbocycles. The fourth-order valence-corrected chi connectivity index (χ4v) is 4.27. The molecule has 2 aliphatic carbocycles. The number of rotatable bonds is 2. The van der Waals surface area contributed by atoms with Gasteiger partial charge in [0.1, 0.15) is 5.78 Å². The molecule has 4 heteroatoms. The van der Waals surface area contributed by atoms with Crippen LogP contribution in [0.4, 0.5) is 5.69 Å². The van der Waals surface area contributed by atoms with Gasteiger partial charge in [0, 0.05) is 22.5 Å². The highest BCUT2D eigenvalue weighted by molar-refractivity contribution is 6.30. The Hall–Kier alpha value is -1.35. The van der Waals surface area contributed by atoms with Gasteiger partial charge in [-0.15, -0.1) is 0 Å². The Labute approximate surface area is 130 Å². The lowest BCUT2D eigenvalue weighted by molar-refractivity contribution is -0.131. The number of carbonyl (C=O) groups excluding carboxylic acids is 2. The number of hydrogen-bond donors (Lipinski definition) is 1. The van der Waals surface area contributed by atoms with Gasteiger partial charge in [0.25, 0.3) is 0 Å². The molecule has 0 aliphatic heterocycles. The van der Waals surface area contributed by atoms with Gasteiger partial charge >= 0.3 is 0 Å². The van der Waals surface area contributed by atoms with E-state index >= 15 is 0 Å². The molecule has 0 aromatic heterocycles. The molecule has 0 heterocycles. The largest absolute Gasteiger partial charge is 0.326 e. The van der Waals surface area contributed by atoms with Crippen LogP contribution in [0.3, 0.4) is 0 Å². The molecule has 1 N–H and O–H groups in total. The Kier molecular flexibility index (Phi) is 3.00. The van der Waals surface area contributed by atoms with Gasteiger partial charge in [0.2, 0.25) is 5.91 Å². The average Bonchev–Trinajstić information content (AvgIpc) is 2.72. The normalized spacial score (nSPS) is 33.2. The van der Waals surface area contributed by atoms with Crippen molar-refractivity contribution >= 4 is 29.0 Å². The first-order valence-corrected chi connectivity index (χ1v) is 7.71. The average molecular weight is 306 g/mol. The van der Waals surface area contributed by atoms with Crippen LogP contribution in [-0.4, -0.2) is 11.7 Å². The van der Waals surface area contributed by atoms with Crippen molar-refractivity contribution in [3.8, 4) is 0 Å². The summed E-state index contributed by atoms with van der Waals surface area (Å²) in [5, 5.41) is 3.61. The summed E-state index contributed by atoms with van der Waals surface area (Å²) < 4.78 is 0. The van der Waals surface area contributed by atoms with Crippen LogP contribution in [0.25, 0.3) is 0 Å². The molecule has 1 amide bonds. The second-order valence-corrected chi connectivity index (χ2v) is 7.54. The Balaban J connectivity index is 1.91. The van der Waals surface area contributed by atoms with Crippen LogP contribution in [0, 0.1) is 16.2 Å². The van der Waals surface area contributed by atoms with Gasteiger partial charge in [-0.05, 0) is 42.5 Å². The third-order valence-corrected chi connectivity index (χ3v) is 6.49. The summed E-state index contributed by atoms with van der Waals surface area (Å²) >= 11 is 5.86. The van der Waals surface area contributed by atoms with Crippen molar-refractivity contribution in [3.05, 3.63) is 29.3 Å². The molecule has 0 unspecified atom stereocenters. The molecule has 2 bridgehead atoms. The van der Waals surface area contributed by atoms with Gasteiger partial charge in [-0.3, -0.25) is 9.59 Å². The van der Waals surface area contributed by atoms with E-state index in [1.54, 1.807) is 24.3 Å². The van der Waals surface area contributed by atoms with Crippen molar-refractivity contribution in [1.82, 2.24) is 0 Å². The number of ketones is 1. The van der Waals surface area contributed by atoms with E-state index in [2.05, 4.69) is 19.2 Å². The highest BCUT2D eigenvalue weighted by atomic mass is 35.5. The Morgan fingerprint density at radius 3 is 2.24 bits per heavy atom. The van der Waals surface area contributed by atoms with Gasteiger partial charge in [-0.2, -0.15) is 0 Å². The van der Waals surface area contributed by atoms with Gasteiger partial charge in [0.05, 0.1) is 5.41 Å². The number of nitrogens with one attached hydrogen (secondary N) is 1. The molecule has 112 valence electrons. The number of amides is 1. The zero-order valence-electron chi connectivity index (χ0n) is 12.6. The van der Waals surface area contributed by atoms with E-state index in [-0.39, 0.29) is 22.5 Å². The maximum atomic E-state index is 12.9. The van der Waals surface area contributed by atoms with E-state index in [9.17, 15) is 9.59 Å². The predicted molar refractivity (Wildman–Crippen MR) is 83.3 cm³/mol. The fraction of sp³-hybridized carbons (Fsp3) is 0.529. The minimum absolute atomic E-state index is 0.0376. The minimum atomic E-state index is -0.585. The van der Waals surface area contributed by atoms with Crippen molar-refractivity contribution in [2.24, 2.45) is 16.2 Å². The van der Waals surface area contributed by atoms with E-state index in [4.69, 9.17) is 11.6 Å². The summed E-state index contributed by atoms with van der Waals surface area (Å²) in [5.41, 5.74) is -0.543. The smallest absolute Gasteiger partial charge is 0.231 e. The lowest BCUT2D eigenvalue weighted by atomic mass is 9.64. The Bertz CT molecular complexity index is 622. The molecule has 0 saturated heterocycles. The third kappa shape index (κ3) is 1.73. The third-order valence-electron chi connectivity index (χ3n) is 6.24. The maximum Gasteiger partial charge on any atom is 0.231 e. The molecular weight excluding hydrogens is 286 g/mol. The van der Waals surface area contributed by atoms with E-state index in [0.29, 0.717) is 11.4 Å². The number of halogens is 1. The van der Waals surface area contributed by atoms with E-state index in [1.165, 1.54) is 0 Å². The van der Waals surface area contributed by atoms with Gasteiger partial charge in [-0.1, -0.05) is 32.4 Å². The van der Waals surface area contributed by atoms with Crippen molar-refractivity contribution < 1.29 is 9.59 Å². The minimum Gasteiger partial charge on any atom is -0.326 e. The van der Waals surface area contributed by atoms with E-state index in [0.717, 1.165) is 18.5 Å². The topological polar surface area (TPSA) is 46.2 Å². The van der Waals surface area contributed by atoms with Crippen LogP contribution < -0.4 is 5.32 Å². The van der Waals surface area contributed by atoms with E-state index < -0.39 is 5.41 Å². The first-order chi connectivity index (χ1) is 9.73. The number of hydrogen-bond acceptors (Lipinski definition) is 2. The van der Waals surface area contributed by atoms with E-state index in [1.807, 2.05) is 6.92 Å². The molecule has 0 spiro atoms. The van der Waals surface area contributed by atoms with Crippen molar-refractivity contribution in [2.75, 3.05) is 5.32 Å². The molecule has 1 aromatic rings. The Morgan fingerprint density at radius 2 is 1.76 bits per heavy atom. The molecule has 21 heavy (non-hydrogen) atoms. The van der Waals surface area contributed by atoms with Crippen LogP contribution in [-0.2, 0) is 9.59 Å². The number of Topliss-reactive ketones (excluding diaryl/α,β-unsaturated/α-hetero) is 1. The maximum absolute atomic E-state index is 12.9.